The summed E-state index contributed by atoms with van der Waals surface area (Å²) in [7, 11) is 4.19. The van der Waals surface area contributed by atoms with Gasteiger partial charge in [0.2, 0.25) is 0 Å². The number of hydrogen-bond acceptors (Lipinski definition) is 5. The van der Waals surface area contributed by atoms with Gasteiger partial charge in [-0.05, 0) is 31.8 Å². The lowest BCUT2D eigenvalue weighted by atomic mass is 10.2. The summed E-state index contributed by atoms with van der Waals surface area (Å²) in [5.41, 5.74) is 1.14. The van der Waals surface area contributed by atoms with Gasteiger partial charge < -0.3 is 10.0 Å². The molecule has 1 aliphatic rings. The van der Waals surface area contributed by atoms with Gasteiger partial charge >= 0.3 is 5.97 Å². The molecule has 0 saturated carbocycles. The molecule has 0 aromatic carbocycles. The second kappa shape index (κ2) is 7.49. The zero-order valence-electron chi connectivity index (χ0n) is 12.8. The minimum atomic E-state index is -0.967. The Balaban J connectivity index is 1.80. The predicted molar refractivity (Wildman–Crippen MR) is 81.5 cm³/mol. The number of aromatic nitrogens is 1. The molecule has 0 unspecified atom stereocenters. The lowest BCUT2D eigenvalue weighted by Crippen LogP contribution is -2.47. The van der Waals surface area contributed by atoms with Crippen molar-refractivity contribution >= 4 is 5.97 Å². The van der Waals surface area contributed by atoms with Gasteiger partial charge in [-0.25, -0.2) is 9.78 Å². The highest BCUT2D eigenvalue weighted by Crippen LogP contribution is 2.09. The van der Waals surface area contributed by atoms with E-state index in [0.717, 1.165) is 51.4 Å². The number of likely N-dealkylation sites (N-methyl/N-ethyl adjacent to an activating group) is 1. The molecule has 2 heterocycles. The van der Waals surface area contributed by atoms with Crippen LogP contribution in [-0.2, 0) is 6.54 Å². The molecule has 0 amide bonds. The van der Waals surface area contributed by atoms with Crippen LogP contribution in [0.15, 0.2) is 18.3 Å². The molecule has 1 aliphatic heterocycles. The number of aromatic carboxylic acids is 1. The van der Waals surface area contributed by atoms with Gasteiger partial charge in [-0.1, -0.05) is 0 Å². The average Bonchev–Trinajstić information content (AvgIpc) is 2.47. The Hall–Kier alpha value is -1.50. The van der Waals surface area contributed by atoms with Crippen LogP contribution in [0.2, 0.25) is 0 Å². The number of carbonyl (C=O) groups is 1. The van der Waals surface area contributed by atoms with Crippen LogP contribution in [0.25, 0.3) is 0 Å². The van der Waals surface area contributed by atoms with E-state index in [1.807, 2.05) is 6.07 Å². The van der Waals surface area contributed by atoms with Crippen molar-refractivity contribution in [2.24, 2.45) is 0 Å². The number of rotatable bonds is 6. The zero-order valence-corrected chi connectivity index (χ0v) is 12.8. The molecule has 1 fully saturated rings. The Morgan fingerprint density at radius 1 is 1.29 bits per heavy atom. The highest BCUT2D eigenvalue weighted by molar-refractivity contribution is 5.85. The summed E-state index contributed by atoms with van der Waals surface area (Å²) in [6.07, 6.45) is 1.58. The molecule has 0 radical (unpaired) electrons. The molecule has 0 atom stereocenters. The van der Waals surface area contributed by atoms with Gasteiger partial charge in [0.1, 0.15) is 5.69 Å². The first-order valence-corrected chi connectivity index (χ1v) is 7.32. The molecule has 0 bridgehead atoms. The van der Waals surface area contributed by atoms with Crippen molar-refractivity contribution in [1.82, 2.24) is 19.7 Å². The predicted octanol–water partition coefficient (Wildman–Crippen LogP) is 0.459. The average molecular weight is 292 g/mol. The maximum absolute atomic E-state index is 10.9. The molecule has 21 heavy (non-hydrogen) atoms. The van der Waals surface area contributed by atoms with Gasteiger partial charge in [-0.3, -0.25) is 9.80 Å². The summed E-state index contributed by atoms with van der Waals surface area (Å²) in [6.45, 7) is 7.20. The van der Waals surface area contributed by atoms with E-state index < -0.39 is 5.97 Å². The number of carboxylic acids is 1. The molecular weight excluding hydrogens is 268 g/mol. The third kappa shape index (κ3) is 5.08. The minimum absolute atomic E-state index is 0.122. The van der Waals surface area contributed by atoms with E-state index >= 15 is 0 Å². The normalized spacial score (nSPS) is 17.3. The summed E-state index contributed by atoms with van der Waals surface area (Å²) in [5.74, 6) is -0.967. The lowest BCUT2D eigenvalue weighted by molar-refractivity contribution is 0.0690. The number of pyridine rings is 1. The molecule has 2 rings (SSSR count). The highest BCUT2D eigenvalue weighted by Gasteiger charge is 2.17. The first kappa shape index (κ1) is 15.9. The maximum Gasteiger partial charge on any atom is 0.354 e. The van der Waals surface area contributed by atoms with Gasteiger partial charge in [0, 0.05) is 52.0 Å². The molecule has 6 nitrogen and oxygen atoms in total. The smallest absolute Gasteiger partial charge is 0.354 e. The summed E-state index contributed by atoms with van der Waals surface area (Å²) in [5, 5.41) is 8.97. The molecular formula is C15H24N4O2. The molecule has 116 valence electrons. The van der Waals surface area contributed by atoms with E-state index in [1.165, 1.54) is 0 Å². The number of piperazine rings is 1. The fourth-order valence-corrected chi connectivity index (χ4v) is 2.46. The Kier molecular flexibility index (Phi) is 5.67. The van der Waals surface area contributed by atoms with Crippen LogP contribution in [0.5, 0.6) is 0 Å². The van der Waals surface area contributed by atoms with Crippen molar-refractivity contribution in [2.45, 2.75) is 6.54 Å². The summed E-state index contributed by atoms with van der Waals surface area (Å²) < 4.78 is 0. The van der Waals surface area contributed by atoms with E-state index in [2.05, 4.69) is 33.8 Å². The van der Waals surface area contributed by atoms with Crippen LogP contribution in [0.4, 0.5) is 0 Å². The van der Waals surface area contributed by atoms with E-state index in [0.29, 0.717) is 0 Å². The molecule has 1 aromatic rings. The van der Waals surface area contributed by atoms with Crippen molar-refractivity contribution in [3.8, 4) is 0 Å². The number of hydrogen-bond donors (Lipinski definition) is 1. The van der Waals surface area contributed by atoms with E-state index in [4.69, 9.17) is 5.11 Å². The van der Waals surface area contributed by atoms with Gasteiger partial charge in [-0.15, -0.1) is 0 Å². The quantitative estimate of drug-likeness (QED) is 0.822. The van der Waals surface area contributed by atoms with Crippen molar-refractivity contribution in [2.75, 3.05) is 53.4 Å². The largest absolute Gasteiger partial charge is 0.477 e. The van der Waals surface area contributed by atoms with Crippen LogP contribution in [0.1, 0.15) is 16.1 Å². The first-order valence-electron chi connectivity index (χ1n) is 7.32. The van der Waals surface area contributed by atoms with Crippen LogP contribution in [-0.4, -0.2) is 84.1 Å². The third-order valence-electron chi connectivity index (χ3n) is 3.78. The first-order chi connectivity index (χ1) is 10.0. The van der Waals surface area contributed by atoms with Crippen molar-refractivity contribution < 1.29 is 9.90 Å². The Morgan fingerprint density at radius 2 is 1.95 bits per heavy atom. The van der Waals surface area contributed by atoms with Crippen LogP contribution < -0.4 is 0 Å². The van der Waals surface area contributed by atoms with Gasteiger partial charge in [-0.2, -0.15) is 0 Å². The topological polar surface area (TPSA) is 59.9 Å². The monoisotopic (exact) mass is 292 g/mol. The van der Waals surface area contributed by atoms with Gasteiger partial charge in [0.25, 0.3) is 0 Å². The fraction of sp³-hybridized carbons (Fsp3) is 0.600. The van der Waals surface area contributed by atoms with Crippen LogP contribution >= 0.6 is 0 Å². The Bertz CT molecular complexity index is 470. The van der Waals surface area contributed by atoms with E-state index in [1.54, 1.807) is 12.3 Å². The molecule has 0 aliphatic carbocycles. The summed E-state index contributed by atoms with van der Waals surface area (Å²) >= 11 is 0. The van der Waals surface area contributed by atoms with Crippen LogP contribution in [0, 0.1) is 0 Å². The zero-order chi connectivity index (χ0) is 15.2. The minimum Gasteiger partial charge on any atom is -0.477 e. The molecule has 1 N–H and O–H groups in total. The maximum atomic E-state index is 10.9. The van der Waals surface area contributed by atoms with Crippen molar-refractivity contribution in [1.29, 1.82) is 0 Å². The standard InChI is InChI=1S/C15H24N4O2/c1-17(2)5-6-18-7-9-19(10-8-18)12-13-3-4-16-14(11-13)15(20)21/h3-4,11H,5-10,12H2,1-2H3,(H,20,21). The fourth-order valence-electron chi connectivity index (χ4n) is 2.46. The highest BCUT2D eigenvalue weighted by atomic mass is 16.4. The molecule has 6 heteroatoms. The second-order valence-electron chi connectivity index (χ2n) is 5.78. The lowest BCUT2D eigenvalue weighted by Gasteiger charge is -2.35. The van der Waals surface area contributed by atoms with Crippen LogP contribution in [0.3, 0.4) is 0 Å². The summed E-state index contributed by atoms with van der Waals surface area (Å²) in [6, 6.07) is 3.56. The molecule has 1 saturated heterocycles. The molecule has 0 spiro atoms. The summed E-state index contributed by atoms with van der Waals surface area (Å²) in [4.78, 5) is 21.8. The van der Waals surface area contributed by atoms with E-state index in [9.17, 15) is 4.79 Å². The van der Waals surface area contributed by atoms with Gasteiger partial charge in [0.15, 0.2) is 0 Å². The Labute approximate surface area is 126 Å². The van der Waals surface area contributed by atoms with Crippen molar-refractivity contribution in [3.63, 3.8) is 0 Å². The number of nitrogens with zero attached hydrogens (tertiary/aromatic N) is 4. The number of carboxylic acid groups (broad SMARTS) is 1. The SMILES string of the molecule is CN(C)CCN1CCN(Cc2ccnc(C(=O)O)c2)CC1. The Morgan fingerprint density at radius 3 is 2.57 bits per heavy atom. The van der Waals surface area contributed by atoms with Crippen molar-refractivity contribution in [3.05, 3.63) is 29.6 Å². The van der Waals surface area contributed by atoms with Gasteiger partial charge in [0.05, 0.1) is 0 Å². The molecule has 1 aromatic heterocycles. The second-order valence-corrected chi connectivity index (χ2v) is 5.78. The third-order valence-corrected chi connectivity index (χ3v) is 3.78. The van der Waals surface area contributed by atoms with E-state index in [-0.39, 0.29) is 5.69 Å².